The molecule has 0 amide bonds. The van der Waals surface area contributed by atoms with E-state index in [0.717, 1.165) is 0 Å². The minimum Gasteiger partial charge on any atom is -0.478 e. The fourth-order valence-corrected chi connectivity index (χ4v) is 0.0676. The Morgan fingerprint density at radius 3 is 1.46 bits per heavy atom. The van der Waals surface area contributed by atoms with E-state index >= 15 is 0 Å². The highest BCUT2D eigenvalue weighted by Gasteiger charge is 1.97. The minimum atomic E-state index is -1.15. The molecule has 0 aromatic carbocycles. The van der Waals surface area contributed by atoms with Gasteiger partial charge in [0.1, 0.15) is 0 Å². The molecule has 0 spiro atoms. The topological polar surface area (TPSA) is 94.8 Å². The molecule has 0 aliphatic heterocycles. The van der Waals surface area contributed by atoms with Crippen molar-refractivity contribution in [3.05, 3.63) is 24.3 Å². The molecule has 0 bridgehead atoms. The van der Waals surface area contributed by atoms with Gasteiger partial charge in [0.25, 0.3) is 0 Å². The SMILES string of the molecule is C=C(C)C(=O)O.C=C(CO)C(=O)O. The summed E-state index contributed by atoms with van der Waals surface area (Å²) in [7, 11) is 0. The van der Waals surface area contributed by atoms with Crippen LogP contribution < -0.4 is 0 Å². The Morgan fingerprint density at radius 1 is 1.15 bits per heavy atom. The molecule has 0 atom stereocenters. The second kappa shape index (κ2) is 7.05. The number of aliphatic hydroxyl groups excluding tert-OH is 1. The maximum Gasteiger partial charge on any atom is 0.333 e. The van der Waals surface area contributed by atoms with Crippen LogP contribution in [0, 0.1) is 0 Å². The van der Waals surface area contributed by atoms with Gasteiger partial charge in [-0.2, -0.15) is 0 Å². The van der Waals surface area contributed by atoms with E-state index in [1.165, 1.54) is 6.92 Å². The molecular formula is C8H12O5. The van der Waals surface area contributed by atoms with E-state index < -0.39 is 18.5 Å². The number of rotatable bonds is 3. The third-order valence-electron chi connectivity index (χ3n) is 0.858. The lowest BCUT2D eigenvalue weighted by Gasteiger charge is -1.87. The maximum atomic E-state index is 9.67. The number of aliphatic hydroxyl groups is 1. The molecule has 0 rings (SSSR count). The molecule has 0 unspecified atom stereocenters. The summed E-state index contributed by atoms with van der Waals surface area (Å²) < 4.78 is 0. The predicted octanol–water partition coefficient (Wildman–Crippen LogP) is 0.267. The summed E-state index contributed by atoms with van der Waals surface area (Å²) in [4.78, 5) is 19.3. The van der Waals surface area contributed by atoms with Crippen molar-refractivity contribution in [1.29, 1.82) is 0 Å². The van der Waals surface area contributed by atoms with Crippen LogP contribution in [-0.4, -0.2) is 33.9 Å². The van der Waals surface area contributed by atoms with Gasteiger partial charge in [-0.3, -0.25) is 0 Å². The molecule has 0 radical (unpaired) electrons. The first-order chi connectivity index (χ1) is 5.82. The molecule has 0 saturated carbocycles. The highest BCUT2D eigenvalue weighted by molar-refractivity contribution is 5.85. The molecule has 0 saturated heterocycles. The van der Waals surface area contributed by atoms with Gasteiger partial charge in [0, 0.05) is 5.57 Å². The van der Waals surface area contributed by atoms with Crippen LogP contribution in [0.15, 0.2) is 24.3 Å². The number of carboxylic acids is 2. The van der Waals surface area contributed by atoms with Crippen LogP contribution >= 0.6 is 0 Å². The van der Waals surface area contributed by atoms with E-state index in [-0.39, 0.29) is 11.1 Å². The Morgan fingerprint density at radius 2 is 1.46 bits per heavy atom. The summed E-state index contributed by atoms with van der Waals surface area (Å²) in [5.74, 6) is -2.09. The van der Waals surface area contributed by atoms with E-state index in [0.29, 0.717) is 0 Å². The second-order valence-electron chi connectivity index (χ2n) is 2.15. The van der Waals surface area contributed by atoms with Gasteiger partial charge >= 0.3 is 11.9 Å². The van der Waals surface area contributed by atoms with Crippen molar-refractivity contribution in [1.82, 2.24) is 0 Å². The summed E-state index contributed by atoms with van der Waals surface area (Å²) in [6, 6.07) is 0. The highest BCUT2D eigenvalue weighted by atomic mass is 16.4. The zero-order chi connectivity index (χ0) is 11.0. The maximum absolute atomic E-state index is 9.67. The third kappa shape index (κ3) is 10.4. The average Bonchev–Trinajstić information content (AvgIpc) is 2.03. The summed E-state index contributed by atoms with van der Waals surface area (Å²) in [5, 5.41) is 23.8. The quantitative estimate of drug-likeness (QED) is 0.552. The minimum absolute atomic E-state index is 0.176. The van der Waals surface area contributed by atoms with Gasteiger partial charge in [-0.25, -0.2) is 9.59 Å². The smallest absolute Gasteiger partial charge is 0.333 e. The van der Waals surface area contributed by atoms with Crippen LogP contribution in [0.1, 0.15) is 6.92 Å². The van der Waals surface area contributed by atoms with Crippen molar-refractivity contribution in [2.75, 3.05) is 6.61 Å². The van der Waals surface area contributed by atoms with Crippen LogP contribution in [0.25, 0.3) is 0 Å². The van der Waals surface area contributed by atoms with Crippen LogP contribution in [0.4, 0.5) is 0 Å². The second-order valence-corrected chi connectivity index (χ2v) is 2.15. The average molecular weight is 188 g/mol. The summed E-state index contributed by atoms with van der Waals surface area (Å²) in [6.07, 6.45) is 0. The fraction of sp³-hybridized carbons (Fsp3) is 0.250. The van der Waals surface area contributed by atoms with Gasteiger partial charge in [-0.15, -0.1) is 0 Å². The monoisotopic (exact) mass is 188 g/mol. The van der Waals surface area contributed by atoms with Gasteiger partial charge in [0.15, 0.2) is 0 Å². The number of hydrogen-bond acceptors (Lipinski definition) is 3. The van der Waals surface area contributed by atoms with Crippen molar-refractivity contribution < 1.29 is 24.9 Å². The third-order valence-corrected chi connectivity index (χ3v) is 0.858. The summed E-state index contributed by atoms with van der Waals surface area (Å²) >= 11 is 0. The van der Waals surface area contributed by atoms with Crippen molar-refractivity contribution in [2.45, 2.75) is 6.92 Å². The van der Waals surface area contributed by atoms with Gasteiger partial charge < -0.3 is 15.3 Å². The Bertz CT molecular complexity index is 217. The molecule has 0 aliphatic carbocycles. The van der Waals surface area contributed by atoms with E-state index in [2.05, 4.69) is 13.2 Å². The van der Waals surface area contributed by atoms with Crippen molar-refractivity contribution in [2.24, 2.45) is 0 Å². The Balaban J connectivity index is 0. The predicted molar refractivity (Wildman–Crippen MR) is 46.3 cm³/mol. The summed E-state index contributed by atoms with van der Waals surface area (Å²) in [6.45, 7) is 7.15. The molecule has 0 aromatic rings. The molecular weight excluding hydrogens is 176 g/mol. The molecule has 3 N–H and O–H groups in total. The Labute approximate surface area is 75.6 Å². The zero-order valence-electron chi connectivity index (χ0n) is 7.28. The van der Waals surface area contributed by atoms with Crippen molar-refractivity contribution in [3.63, 3.8) is 0 Å². The van der Waals surface area contributed by atoms with E-state index in [9.17, 15) is 9.59 Å². The largest absolute Gasteiger partial charge is 0.478 e. The Hall–Kier alpha value is -1.62. The summed E-state index contributed by atoms with van der Waals surface area (Å²) in [5.41, 5.74) is -0.00463. The lowest BCUT2D eigenvalue weighted by molar-refractivity contribution is -0.133. The van der Waals surface area contributed by atoms with E-state index in [1.54, 1.807) is 0 Å². The molecule has 74 valence electrons. The first kappa shape index (κ1) is 13.9. The highest BCUT2D eigenvalue weighted by Crippen LogP contribution is 1.83. The molecule has 0 heterocycles. The number of hydrogen-bond donors (Lipinski definition) is 3. The van der Waals surface area contributed by atoms with Gasteiger partial charge in [0.05, 0.1) is 12.2 Å². The molecule has 0 aromatic heterocycles. The van der Waals surface area contributed by atoms with Gasteiger partial charge in [-0.1, -0.05) is 13.2 Å². The van der Waals surface area contributed by atoms with Crippen LogP contribution in [0.5, 0.6) is 0 Å². The lowest BCUT2D eigenvalue weighted by atomic mass is 10.3. The van der Waals surface area contributed by atoms with Gasteiger partial charge in [-0.05, 0) is 6.92 Å². The van der Waals surface area contributed by atoms with Crippen LogP contribution in [0.3, 0.4) is 0 Å². The van der Waals surface area contributed by atoms with Crippen molar-refractivity contribution in [3.8, 4) is 0 Å². The van der Waals surface area contributed by atoms with E-state index in [1.807, 2.05) is 0 Å². The number of carbonyl (C=O) groups is 2. The van der Waals surface area contributed by atoms with E-state index in [4.69, 9.17) is 15.3 Å². The normalized spacial score (nSPS) is 7.85. The first-order valence-electron chi connectivity index (χ1n) is 3.23. The number of carboxylic acid groups (broad SMARTS) is 2. The van der Waals surface area contributed by atoms with Crippen LogP contribution in [0.2, 0.25) is 0 Å². The number of aliphatic carboxylic acids is 2. The first-order valence-corrected chi connectivity index (χ1v) is 3.23. The molecule has 0 aliphatic rings. The molecule has 0 fully saturated rings. The van der Waals surface area contributed by atoms with Gasteiger partial charge in [0.2, 0.25) is 0 Å². The molecule has 13 heavy (non-hydrogen) atoms. The van der Waals surface area contributed by atoms with Crippen LogP contribution in [-0.2, 0) is 9.59 Å². The molecule has 5 nitrogen and oxygen atoms in total. The lowest BCUT2D eigenvalue weighted by Crippen LogP contribution is -2.01. The Kier molecular flexibility index (Phi) is 7.56. The standard InChI is InChI=1S/C4H6O3.C4H6O2/c1-3(2-5)4(6)7;1-3(2)4(5)6/h5H,1-2H2,(H,6,7);1H2,2H3,(H,5,6). The van der Waals surface area contributed by atoms with Crippen molar-refractivity contribution >= 4 is 11.9 Å². The fourth-order valence-electron chi connectivity index (χ4n) is 0.0676. The molecule has 5 heteroatoms. The zero-order valence-corrected chi connectivity index (χ0v) is 7.28.